The first-order valence-electron chi connectivity index (χ1n) is 7.20. The van der Waals surface area contributed by atoms with Gasteiger partial charge < -0.3 is 10.4 Å². The van der Waals surface area contributed by atoms with Crippen LogP contribution in [-0.4, -0.2) is 18.3 Å². The molecule has 0 bridgehead atoms. The molecule has 1 fully saturated rings. The predicted octanol–water partition coefficient (Wildman–Crippen LogP) is 3.11. The highest BCUT2D eigenvalue weighted by molar-refractivity contribution is 5.14. The van der Waals surface area contributed by atoms with Crippen molar-refractivity contribution in [1.29, 1.82) is 0 Å². The van der Waals surface area contributed by atoms with E-state index in [0.717, 1.165) is 19.5 Å². The van der Waals surface area contributed by atoms with Gasteiger partial charge in [-0.2, -0.15) is 0 Å². The van der Waals surface area contributed by atoms with E-state index in [9.17, 15) is 5.11 Å². The van der Waals surface area contributed by atoms with E-state index in [1.807, 2.05) is 0 Å². The zero-order valence-electron chi connectivity index (χ0n) is 11.2. The Kier molecular flexibility index (Phi) is 5.21. The van der Waals surface area contributed by atoms with Gasteiger partial charge >= 0.3 is 0 Å². The smallest absolute Gasteiger partial charge is 0.0436 e. The van der Waals surface area contributed by atoms with Crippen LogP contribution in [0, 0.1) is 5.41 Å². The molecular weight excluding hydrogens is 222 g/mol. The van der Waals surface area contributed by atoms with Crippen molar-refractivity contribution in [2.75, 3.05) is 13.2 Å². The topological polar surface area (TPSA) is 32.3 Å². The van der Waals surface area contributed by atoms with Crippen LogP contribution in [0.2, 0.25) is 0 Å². The van der Waals surface area contributed by atoms with Gasteiger partial charge in [-0.3, -0.25) is 0 Å². The maximum Gasteiger partial charge on any atom is 0.0436 e. The summed E-state index contributed by atoms with van der Waals surface area (Å²) in [6.45, 7) is 2.31. The van der Waals surface area contributed by atoms with Crippen molar-refractivity contribution in [2.24, 2.45) is 5.41 Å². The van der Waals surface area contributed by atoms with Gasteiger partial charge in [-0.05, 0) is 30.2 Å². The molecule has 0 aromatic heterocycles. The summed E-state index contributed by atoms with van der Waals surface area (Å²) in [5.41, 5.74) is 1.69. The van der Waals surface area contributed by atoms with Gasteiger partial charge in [-0.15, -0.1) is 0 Å². The summed E-state index contributed by atoms with van der Waals surface area (Å²) in [7, 11) is 0. The maximum absolute atomic E-state index is 9.27. The lowest BCUT2D eigenvalue weighted by molar-refractivity contribution is 0.126. The van der Waals surface area contributed by atoms with Crippen LogP contribution < -0.4 is 5.32 Å². The molecule has 18 heavy (non-hydrogen) atoms. The summed E-state index contributed by atoms with van der Waals surface area (Å²) in [6.07, 6.45) is 7.52. The van der Waals surface area contributed by atoms with E-state index in [0.29, 0.717) is 12.0 Å². The molecule has 1 aliphatic carbocycles. The normalized spacial score (nSPS) is 18.7. The van der Waals surface area contributed by atoms with Gasteiger partial charge in [-0.1, -0.05) is 49.6 Å². The van der Waals surface area contributed by atoms with Crippen molar-refractivity contribution in [3.05, 3.63) is 35.9 Å². The maximum atomic E-state index is 9.27. The number of aliphatic hydroxyl groups is 1. The minimum atomic E-state index is 0.326. The van der Waals surface area contributed by atoms with Crippen LogP contribution in [0.1, 0.15) is 44.1 Å². The van der Waals surface area contributed by atoms with Crippen molar-refractivity contribution in [1.82, 2.24) is 5.32 Å². The molecule has 0 aliphatic heterocycles. The molecular formula is C16H25NO. The van der Waals surface area contributed by atoms with Gasteiger partial charge in [-0.25, -0.2) is 0 Å². The molecule has 1 aromatic carbocycles. The molecule has 2 rings (SSSR count). The Labute approximate surface area is 110 Å². The van der Waals surface area contributed by atoms with Crippen LogP contribution in [0.5, 0.6) is 0 Å². The Morgan fingerprint density at radius 1 is 1.06 bits per heavy atom. The second-order valence-electron chi connectivity index (χ2n) is 5.62. The number of hydrogen-bond acceptors (Lipinski definition) is 2. The van der Waals surface area contributed by atoms with Crippen LogP contribution in [0.25, 0.3) is 0 Å². The summed E-state index contributed by atoms with van der Waals surface area (Å²) in [5, 5.41) is 12.9. The van der Waals surface area contributed by atoms with E-state index in [1.54, 1.807) is 0 Å². The lowest BCUT2D eigenvalue weighted by Gasteiger charge is -2.37. The first-order chi connectivity index (χ1) is 8.85. The van der Waals surface area contributed by atoms with Gasteiger partial charge in [0.15, 0.2) is 0 Å². The first kappa shape index (κ1) is 13.6. The van der Waals surface area contributed by atoms with Gasteiger partial charge in [0, 0.05) is 19.7 Å². The molecule has 1 aromatic rings. The van der Waals surface area contributed by atoms with E-state index in [2.05, 4.69) is 35.6 Å². The molecule has 1 aliphatic rings. The molecule has 100 valence electrons. The predicted molar refractivity (Wildman–Crippen MR) is 75.4 cm³/mol. The van der Waals surface area contributed by atoms with Gasteiger partial charge in [0.2, 0.25) is 0 Å². The number of aliphatic hydroxyl groups excluding tert-OH is 1. The number of benzene rings is 1. The SMILES string of the molecule is OCCC1(CNCc2ccccc2)CCCCC1. The lowest BCUT2D eigenvalue weighted by Crippen LogP contribution is -2.36. The molecule has 2 nitrogen and oxygen atoms in total. The van der Waals surface area contributed by atoms with E-state index in [-0.39, 0.29) is 0 Å². The molecule has 0 radical (unpaired) electrons. The first-order valence-corrected chi connectivity index (χ1v) is 7.20. The van der Waals surface area contributed by atoms with E-state index < -0.39 is 0 Å². The Morgan fingerprint density at radius 2 is 1.78 bits per heavy atom. The van der Waals surface area contributed by atoms with Crippen molar-refractivity contribution >= 4 is 0 Å². The number of hydrogen-bond donors (Lipinski definition) is 2. The third kappa shape index (κ3) is 3.82. The van der Waals surface area contributed by atoms with Crippen LogP contribution in [0.15, 0.2) is 30.3 Å². The molecule has 2 N–H and O–H groups in total. The second kappa shape index (κ2) is 6.91. The van der Waals surface area contributed by atoms with Gasteiger partial charge in [0.1, 0.15) is 0 Å². The summed E-state index contributed by atoms with van der Waals surface area (Å²) < 4.78 is 0. The molecule has 0 amide bonds. The third-order valence-corrected chi connectivity index (χ3v) is 4.23. The van der Waals surface area contributed by atoms with E-state index >= 15 is 0 Å². The number of rotatable bonds is 6. The average Bonchev–Trinajstić information content (AvgIpc) is 2.41. The van der Waals surface area contributed by atoms with Crippen LogP contribution in [-0.2, 0) is 6.54 Å². The van der Waals surface area contributed by atoms with Crippen molar-refractivity contribution in [2.45, 2.75) is 45.1 Å². The van der Waals surface area contributed by atoms with Crippen molar-refractivity contribution < 1.29 is 5.11 Å². The Bertz CT molecular complexity index is 325. The van der Waals surface area contributed by atoms with E-state index in [1.165, 1.54) is 37.7 Å². The lowest BCUT2D eigenvalue weighted by atomic mass is 9.72. The molecule has 0 atom stereocenters. The fourth-order valence-electron chi connectivity index (χ4n) is 3.12. The zero-order chi connectivity index (χ0) is 12.7. The quantitative estimate of drug-likeness (QED) is 0.809. The highest BCUT2D eigenvalue weighted by Gasteiger charge is 2.30. The number of nitrogens with one attached hydrogen (secondary N) is 1. The fourth-order valence-corrected chi connectivity index (χ4v) is 3.12. The minimum absolute atomic E-state index is 0.326. The standard InChI is InChI=1S/C16H25NO/c18-12-11-16(9-5-2-6-10-16)14-17-13-15-7-3-1-4-8-15/h1,3-4,7-8,17-18H,2,5-6,9-14H2. The molecule has 0 unspecified atom stereocenters. The molecule has 0 saturated heterocycles. The summed E-state index contributed by atoms with van der Waals surface area (Å²) in [6, 6.07) is 10.5. The molecule has 1 saturated carbocycles. The monoisotopic (exact) mass is 247 g/mol. The Morgan fingerprint density at radius 3 is 2.44 bits per heavy atom. The van der Waals surface area contributed by atoms with E-state index in [4.69, 9.17) is 0 Å². The van der Waals surface area contributed by atoms with Crippen LogP contribution >= 0.6 is 0 Å². The van der Waals surface area contributed by atoms with Crippen LogP contribution in [0.4, 0.5) is 0 Å². The van der Waals surface area contributed by atoms with Crippen molar-refractivity contribution in [3.8, 4) is 0 Å². The third-order valence-electron chi connectivity index (χ3n) is 4.23. The van der Waals surface area contributed by atoms with Gasteiger partial charge in [0.25, 0.3) is 0 Å². The Balaban J connectivity index is 1.82. The fraction of sp³-hybridized carbons (Fsp3) is 0.625. The van der Waals surface area contributed by atoms with Crippen LogP contribution in [0.3, 0.4) is 0 Å². The summed E-state index contributed by atoms with van der Waals surface area (Å²) in [4.78, 5) is 0. The average molecular weight is 247 g/mol. The Hall–Kier alpha value is -0.860. The molecule has 2 heteroatoms. The summed E-state index contributed by atoms with van der Waals surface area (Å²) >= 11 is 0. The van der Waals surface area contributed by atoms with Gasteiger partial charge in [0.05, 0.1) is 0 Å². The van der Waals surface area contributed by atoms with Crippen molar-refractivity contribution in [3.63, 3.8) is 0 Å². The summed E-state index contributed by atoms with van der Waals surface area (Å²) in [5.74, 6) is 0. The minimum Gasteiger partial charge on any atom is -0.396 e. The molecule has 0 spiro atoms. The highest BCUT2D eigenvalue weighted by Crippen LogP contribution is 2.38. The highest BCUT2D eigenvalue weighted by atomic mass is 16.3. The second-order valence-corrected chi connectivity index (χ2v) is 5.62. The zero-order valence-corrected chi connectivity index (χ0v) is 11.2. The molecule has 0 heterocycles. The largest absolute Gasteiger partial charge is 0.396 e.